The van der Waals surface area contributed by atoms with Crippen LogP contribution in [-0.4, -0.2) is 24.7 Å². The molecule has 3 rings (SSSR count). The summed E-state index contributed by atoms with van der Waals surface area (Å²) in [5.74, 6) is 0.781. The first-order valence-electron chi connectivity index (χ1n) is 10.5. The van der Waals surface area contributed by atoms with E-state index in [1.54, 1.807) is 6.26 Å². The molecule has 1 unspecified atom stereocenters. The molecular weight excluding hydrogens is 401 g/mol. The average Bonchev–Trinajstić information content (AvgIpc) is 3.25. The van der Waals surface area contributed by atoms with E-state index in [1.807, 2.05) is 18.2 Å². The van der Waals surface area contributed by atoms with E-state index < -0.39 is 8.25 Å². The number of furan rings is 1. The van der Waals surface area contributed by atoms with Crippen molar-refractivity contribution in [3.05, 3.63) is 65.9 Å². The molecule has 2 N–H and O–H groups in total. The van der Waals surface area contributed by atoms with Crippen LogP contribution in [-0.2, 0) is 22.1 Å². The minimum Gasteiger partial charge on any atom is -0.490 e. The van der Waals surface area contributed by atoms with Gasteiger partial charge >= 0.3 is 8.25 Å². The number of benzene rings is 2. The van der Waals surface area contributed by atoms with Crippen LogP contribution in [0.5, 0.6) is 5.75 Å². The molecule has 0 aliphatic heterocycles. The summed E-state index contributed by atoms with van der Waals surface area (Å²) < 4.78 is 26.8. The van der Waals surface area contributed by atoms with Gasteiger partial charge in [0, 0.05) is 11.9 Å². The molecule has 0 radical (unpaired) electrons. The number of aryl methyl sites for hydroxylation is 1. The van der Waals surface area contributed by atoms with Gasteiger partial charge in [-0.3, -0.25) is 4.57 Å². The summed E-state index contributed by atoms with van der Waals surface area (Å²) in [7, 11) is -2.83. The van der Waals surface area contributed by atoms with Crippen molar-refractivity contribution in [2.45, 2.75) is 38.6 Å². The van der Waals surface area contributed by atoms with Crippen LogP contribution in [0.2, 0.25) is 0 Å². The zero-order valence-corrected chi connectivity index (χ0v) is 18.1. The van der Waals surface area contributed by atoms with E-state index in [0.29, 0.717) is 26.1 Å². The summed E-state index contributed by atoms with van der Waals surface area (Å²) in [5.41, 5.74) is 3.29. The van der Waals surface area contributed by atoms with E-state index in [0.717, 1.165) is 48.0 Å². The van der Waals surface area contributed by atoms with E-state index in [-0.39, 0.29) is 6.61 Å². The molecule has 0 saturated heterocycles. The van der Waals surface area contributed by atoms with Gasteiger partial charge in [0.15, 0.2) is 11.3 Å². The Balaban J connectivity index is 1.39. The summed E-state index contributed by atoms with van der Waals surface area (Å²) >= 11 is 0. The van der Waals surface area contributed by atoms with Crippen LogP contribution in [0, 0.1) is 0 Å². The van der Waals surface area contributed by atoms with Crippen molar-refractivity contribution in [3.8, 4) is 5.75 Å². The molecule has 3 aromatic rings. The number of ether oxygens (including phenoxy) is 1. The third-order valence-electron chi connectivity index (χ3n) is 4.92. The zero-order chi connectivity index (χ0) is 21.0. The van der Waals surface area contributed by atoms with Crippen LogP contribution in [0.15, 0.2) is 59.2 Å². The smallest absolute Gasteiger partial charge is 0.316 e. The number of nitrogens with one attached hydrogen (secondary N) is 1. The van der Waals surface area contributed by atoms with Crippen LogP contribution >= 0.6 is 8.25 Å². The maximum Gasteiger partial charge on any atom is 0.316 e. The van der Waals surface area contributed by atoms with Crippen molar-refractivity contribution >= 4 is 19.2 Å². The third-order valence-corrected chi connectivity index (χ3v) is 5.37. The normalized spacial score (nSPS) is 12.3. The molecule has 1 aromatic heterocycles. The molecule has 1 heterocycles. The lowest BCUT2D eigenvalue weighted by Gasteiger charge is -2.10. The van der Waals surface area contributed by atoms with E-state index in [9.17, 15) is 4.57 Å². The Morgan fingerprint density at radius 1 is 0.967 bits per heavy atom. The van der Waals surface area contributed by atoms with Crippen molar-refractivity contribution in [2.24, 2.45) is 0 Å². The minimum atomic E-state index is -2.83. The van der Waals surface area contributed by atoms with Crippen LogP contribution in [0.25, 0.3) is 11.0 Å². The zero-order valence-electron chi connectivity index (χ0n) is 17.1. The van der Waals surface area contributed by atoms with Crippen molar-refractivity contribution in [1.82, 2.24) is 5.32 Å². The first-order chi connectivity index (χ1) is 14.7. The second-order valence-electron chi connectivity index (χ2n) is 7.18. The summed E-state index contributed by atoms with van der Waals surface area (Å²) in [6.07, 6.45) is 6.78. The van der Waals surface area contributed by atoms with Gasteiger partial charge in [0.25, 0.3) is 0 Å². The maximum absolute atomic E-state index is 10.5. The van der Waals surface area contributed by atoms with Crippen molar-refractivity contribution in [1.29, 1.82) is 0 Å². The Bertz CT molecular complexity index is 912. The van der Waals surface area contributed by atoms with E-state index in [1.165, 1.54) is 5.56 Å². The quantitative estimate of drug-likeness (QED) is 0.273. The molecule has 7 heteroatoms. The SMILES string of the molecule is O=[PH](O)OCCCNCc1ccc(OCCCCCc2ccccc2)c2occc12. The Labute approximate surface area is 178 Å². The van der Waals surface area contributed by atoms with E-state index in [4.69, 9.17) is 14.0 Å². The van der Waals surface area contributed by atoms with Gasteiger partial charge in [0.1, 0.15) is 0 Å². The van der Waals surface area contributed by atoms with Gasteiger partial charge in [-0.2, -0.15) is 0 Å². The van der Waals surface area contributed by atoms with Gasteiger partial charge in [0.2, 0.25) is 0 Å². The molecule has 6 nitrogen and oxygen atoms in total. The highest BCUT2D eigenvalue weighted by molar-refractivity contribution is 7.32. The van der Waals surface area contributed by atoms with E-state index in [2.05, 4.69) is 40.2 Å². The Morgan fingerprint density at radius 2 is 1.83 bits per heavy atom. The van der Waals surface area contributed by atoms with Gasteiger partial charge in [-0.1, -0.05) is 36.4 Å². The molecule has 0 spiro atoms. The number of hydrogen-bond acceptors (Lipinski definition) is 5. The molecule has 0 fully saturated rings. The standard InChI is InChI=1S/C23H30NO5P/c25-30(26)29-16-7-14-24-18-20-11-12-22(23-21(20)13-17-28-23)27-15-6-2-5-10-19-8-3-1-4-9-19/h1,3-4,8-9,11-13,17,24,30H,2,5-7,10,14-16,18H2,(H,25,26). The fourth-order valence-corrected chi connectivity index (χ4v) is 3.70. The first kappa shape index (κ1) is 22.6. The van der Waals surface area contributed by atoms with Crippen LogP contribution in [0.3, 0.4) is 0 Å². The second kappa shape index (κ2) is 12.6. The van der Waals surface area contributed by atoms with Gasteiger partial charge in [-0.05, 0) is 61.9 Å². The summed E-state index contributed by atoms with van der Waals surface area (Å²) in [4.78, 5) is 8.64. The Hall–Kier alpha value is -2.11. The number of hydrogen-bond donors (Lipinski definition) is 2. The molecule has 162 valence electrons. The highest BCUT2D eigenvalue weighted by atomic mass is 31.1. The number of rotatable bonds is 14. The third kappa shape index (κ3) is 7.29. The molecule has 0 aliphatic carbocycles. The number of fused-ring (bicyclic) bond motifs is 1. The fraction of sp³-hybridized carbons (Fsp3) is 0.391. The monoisotopic (exact) mass is 431 g/mol. The minimum absolute atomic E-state index is 0.278. The predicted molar refractivity (Wildman–Crippen MR) is 119 cm³/mol. The highest BCUT2D eigenvalue weighted by Gasteiger charge is 2.10. The Kier molecular flexibility index (Phi) is 9.45. The van der Waals surface area contributed by atoms with Crippen molar-refractivity contribution in [3.63, 3.8) is 0 Å². The van der Waals surface area contributed by atoms with Crippen molar-refractivity contribution < 1.29 is 23.1 Å². The number of unbranched alkanes of at least 4 members (excludes halogenated alkanes) is 2. The lowest BCUT2D eigenvalue weighted by atomic mass is 10.1. The van der Waals surface area contributed by atoms with Crippen LogP contribution < -0.4 is 10.1 Å². The molecule has 0 bridgehead atoms. The van der Waals surface area contributed by atoms with Crippen molar-refractivity contribution in [2.75, 3.05) is 19.8 Å². The lowest BCUT2D eigenvalue weighted by molar-refractivity contribution is 0.276. The molecule has 2 aromatic carbocycles. The molecule has 30 heavy (non-hydrogen) atoms. The Morgan fingerprint density at radius 3 is 2.67 bits per heavy atom. The summed E-state index contributed by atoms with van der Waals surface area (Å²) in [6, 6.07) is 16.5. The van der Waals surface area contributed by atoms with Crippen LogP contribution in [0.4, 0.5) is 0 Å². The summed E-state index contributed by atoms with van der Waals surface area (Å²) in [6.45, 7) is 2.34. The summed E-state index contributed by atoms with van der Waals surface area (Å²) in [5, 5.41) is 4.36. The molecule has 0 amide bonds. The van der Waals surface area contributed by atoms with Gasteiger partial charge in [-0.15, -0.1) is 0 Å². The van der Waals surface area contributed by atoms with E-state index >= 15 is 0 Å². The predicted octanol–water partition coefficient (Wildman–Crippen LogP) is 5.10. The van der Waals surface area contributed by atoms with Gasteiger partial charge < -0.3 is 23.9 Å². The van der Waals surface area contributed by atoms with Gasteiger partial charge in [0.05, 0.1) is 19.5 Å². The molecular formula is C23H30NO5P. The largest absolute Gasteiger partial charge is 0.490 e. The maximum atomic E-state index is 10.5. The average molecular weight is 431 g/mol. The molecule has 0 aliphatic rings. The van der Waals surface area contributed by atoms with Gasteiger partial charge in [-0.25, -0.2) is 0 Å². The topological polar surface area (TPSA) is 80.9 Å². The fourth-order valence-electron chi connectivity index (χ4n) is 3.38. The molecule has 1 atom stereocenters. The lowest BCUT2D eigenvalue weighted by Crippen LogP contribution is -2.16. The first-order valence-corrected chi connectivity index (χ1v) is 11.7. The van der Waals surface area contributed by atoms with Crippen LogP contribution in [0.1, 0.15) is 36.8 Å². The second-order valence-corrected chi connectivity index (χ2v) is 8.00. The molecule has 0 saturated carbocycles. The highest BCUT2D eigenvalue weighted by Crippen LogP contribution is 2.30.